The highest BCUT2D eigenvalue weighted by atomic mass is 32.1. The largest absolute Gasteiger partial charge is 0.353 e. The highest BCUT2D eigenvalue weighted by Gasteiger charge is 2.17. The van der Waals surface area contributed by atoms with Crippen molar-refractivity contribution in [2.45, 2.75) is 12.6 Å². The average Bonchev–Trinajstić information content (AvgIpc) is 3.40. The van der Waals surface area contributed by atoms with Crippen LogP contribution in [0.5, 0.6) is 0 Å². The summed E-state index contributed by atoms with van der Waals surface area (Å²) in [5.74, 6) is -0.214. The molecule has 1 N–H and O–H groups in total. The molecule has 3 aromatic heterocycles. The molecule has 0 aliphatic carbocycles. The van der Waals surface area contributed by atoms with Gasteiger partial charge in [-0.2, -0.15) is 0 Å². The van der Waals surface area contributed by atoms with Gasteiger partial charge >= 0.3 is 0 Å². The monoisotopic (exact) mass is 438 g/mol. The Morgan fingerprint density at radius 3 is 2.67 bits per heavy atom. The molecule has 4 aromatic rings. The van der Waals surface area contributed by atoms with Crippen LogP contribution >= 0.6 is 22.7 Å². The summed E-state index contributed by atoms with van der Waals surface area (Å²) in [6, 6.07) is 14.0. The highest BCUT2D eigenvalue weighted by Crippen LogP contribution is 2.33. The van der Waals surface area contributed by atoms with E-state index in [1.54, 1.807) is 11.3 Å². The van der Waals surface area contributed by atoms with Gasteiger partial charge in [0.15, 0.2) is 0 Å². The maximum atomic E-state index is 13.1. The van der Waals surface area contributed by atoms with E-state index in [0.29, 0.717) is 16.8 Å². The third-order valence-corrected chi connectivity index (χ3v) is 6.75. The number of fused-ring (bicyclic) bond motifs is 1. The number of thiophene rings is 2. The fourth-order valence-corrected chi connectivity index (χ4v) is 5.11. The van der Waals surface area contributed by atoms with Crippen LogP contribution in [0.4, 0.5) is 0 Å². The zero-order valence-corrected chi connectivity index (χ0v) is 18.4. The van der Waals surface area contributed by atoms with Gasteiger partial charge in [0.2, 0.25) is 5.91 Å². The average molecular weight is 439 g/mol. The summed E-state index contributed by atoms with van der Waals surface area (Å²) >= 11 is 3.03. The summed E-state index contributed by atoms with van der Waals surface area (Å²) in [6.45, 7) is 0.398. The molecule has 8 heteroatoms. The van der Waals surface area contributed by atoms with E-state index in [-0.39, 0.29) is 24.1 Å². The number of nitrogens with one attached hydrogen (secondary N) is 1. The van der Waals surface area contributed by atoms with Crippen LogP contribution in [0.3, 0.4) is 0 Å². The molecule has 1 aromatic carbocycles. The third-order valence-electron chi connectivity index (χ3n) is 4.96. The van der Waals surface area contributed by atoms with Crippen molar-refractivity contribution in [1.82, 2.24) is 19.8 Å². The lowest BCUT2D eigenvalue weighted by atomic mass is 10.1. The van der Waals surface area contributed by atoms with E-state index in [9.17, 15) is 9.59 Å². The fourth-order valence-electron chi connectivity index (χ4n) is 3.39. The van der Waals surface area contributed by atoms with E-state index < -0.39 is 0 Å². The first-order chi connectivity index (χ1) is 14.5. The molecule has 0 unspecified atom stereocenters. The molecule has 0 spiro atoms. The predicted octanol–water partition coefficient (Wildman–Crippen LogP) is 3.61. The molecule has 0 fully saturated rings. The Balaban J connectivity index is 1.51. The van der Waals surface area contributed by atoms with Gasteiger partial charge in [-0.1, -0.05) is 36.4 Å². The van der Waals surface area contributed by atoms with Crippen molar-refractivity contribution in [3.05, 3.63) is 75.5 Å². The quantitative estimate of drug-likeness (QED) is 0.479. The minimum atomic E-state index is -0.214. The SMILES string of the molecule is CN(C)[C@H](CNC(=O)Cn1cnc2scc(-c3cccs3)c2c1=O)c1ccccc1. The number of benzene rings is 1. The fraction of sp³-hybridized carbons (Fsp3) is 0.227. The number of carbonyl (C=O) groups excluding carboxylic acids is 1. The van der Waals surface area contributed by atoms with E-state index >= 15 is 0 Å². The highest BCUT2D eigenvalue weighted by molar-refractivity contribution is 7.18. The molecule has 4 rings (SSSR count). The Bertz CT molecular complexity index is 1200. The number of hydrogen-bond acceptors (Lipinski definition) is 6. The summed E-state index contributed by atoms with van der Waals surface area (Å²) in [7, 11) is 3.96. The van der Waals surface area contributed by atoms with Gasteiger partial charge in [-0.3, -0.25) is 14.2 Å². The van der Waals surface area contributed by atoms with E-state index in [0.717, 1.165) is 16.0 Å². The van der Waals surface area contributed by atoms with Crippen molar-refractivity contribution < 1.29 is 4.79 Å². The molecule has 0 aliphatic heterocycles. The summed E-state index contributed by atoms with van der Waals surface area (Å²) in [5, 5.41) is 7.47. The van der Waals surface area contributed by atoms with E-state index in [1.165, 1.54) is 22.2 Å². The first-order valence-electron chi connectivity index (χ1n) is 9.53. The van der Waals surface area contributed by atoms with E-state index in [2.05, 4.69) is 15.2 Å². The molecule has 0 aliphatic rings. The number of nitrogens with zero attached hydrogens (tertiary/aromatic N) is 3. The molecule has 1 amide bonds. The van der Waals surface area contributed by atoms with Crippen molar-refractivity contribution in [2.75, 3.05) is 20.6 Å². The van der Waals surface area contributed by atoms with Crippen LogP contribution in [-0.4, -0.2) is 41.0 Å². The Morgan fingerprint density at radius 1 is 1.17 bits per heavy atom. The second-order valence-electron chi connectivity index (χ2n) is 7.18. The lowest BCUT2D eigenvalue weighted by Gasteiger charge is -2.25. The van der Waals surface area contributed by atoms with Crippen LogP contribution in [0.15, 0.2) is 64.3 Å². The minimum absolute atomic E-state index is 0.0507. The molecule has 3 heterocycles. The number of amides is 1. The maximum absolute atomic E-state index is 13.1. The van der Waals surface area contributed by atoms with Gasteiger partial charge in [-0.15, -0.1) is 22.7 Å². The minimum Gasteiger partial charge on any atom is -0.353 e. The summed E-state index contributed by atoms with van der Waals surface area (Å²) in [4.78, 5) is 33.8. The van der Waals surface area contributed by atoms with Gasteiger partial charge in [-0.05, 0) is 31.1 Å². The number of rotatable bonds is 7. The van der Waals surface area contributed by atoms with Gasteiger partial charge < -0.3 is 10.2 Å². The predicted molar refractivity (Wildman–Crippen MR) is 123 cm³/mol. The summed E-state index contributed by atoms with van der Waals surface area (Å²) < 4.78 is 1.38. The van der Waals surface area contributed by atoms with Gasteiger partial charge in [0.1, 0.15) is 11.4 Å². The van der Waals surface area contributed by atoms with Crippen molar-refractivity contribution in [3.63, 3.8) is 0 Å². The van der Waals surface area contributed by atoms with E-state index in [1.807, 2.05) is 67.3 Å². The van der Waals surface area contributed by atoms with Crippen LogP contribution in [-0.2, 0) is 11.3 Å². The number of hydrogen-bond donors (Lipinski definition) is 1. The Hall–Kier alpha value is -2.81. The number of carbonyl (C=O) groups is 1. The number of aromatic nitrogens is 2. The lowest BCUT2D eigenvalue weighted by molar-refractivity contribution is -0.121. The molecule has 154 valence electrons. The van der Waals surface area contributed by atoms with Crippen LogP contribution in [0.1, 0.15) is 11.6 Å². The zero-order chi connectivity index (χ0) is 21.1. The summed E-state index contributed by atoms with van der Waals surface area (Å²) in [5.41, 5.74) is 1.82. The Labute approximate surface area is 182 Å². The summed E-state index contributed by atoms with van der Waals surface area (Å²) in [6.07, 6.45) is 1.46. The van der Waals surface area contributed by atoms with E-state index in [4.69, 9.17) is 0 Å². The molecular formula is C22H22N4O2S2. The van der Waals surface area contributed by atoms with Crippen molar-refractivity contribution >= 4 is 38.8 Å². The topological polar surface area (TPSA) is 67.2 Å². The van der Waals surface area contributed by atoms with Gasteiger partial charge in [0.05, 0.1) is 17.8 Å². The molecule has 0 saturated carbocycles. The van der Waals surface area contributed by atoms with Crippen molar-refractivity contribution in [1.29, 1.82) is 0 Å². The normalized spacial score (nSPS) is 12.4. The van der Waals surface area contributed by atoms with Crippen molar-refractivity contribution in [3.8, 4) is 10.4 Å². The third kappa shape index (κ3) is 4.21. The van der Waals surface area contributed by atoms with Crippen LogP contribution < -0.4 is 10.9 Å². The molecule has 0 bridgehead atoms. The van der Waals surface area contributed by atoms with Crippen LogP contribution in [0, 0.1) is 0 Å². The van der Waals surface area contributed by atoms with Crippen LogP contribution in [0.2, 0.25) is 0 Å². The van der Waals surface area contributed by atoms with Gasteiger partial charge in [-0.25, -0.2) is 4.98 Å². The standard InChI is InChI=1S/C22H22N4O2S2/c1-25(2)17(15-7-4-3-5-8-15)11-23-19(27)12-26-14-24-21-20(22(26)28)16(13-30-21)18-9-6-10-29-18/h3-10,13-14,17H,11-12H2,1-2H3,(H,23,27)/t17-/m1/s1. The Morgan fingerprint density at radius 2 is 1.97 bits per heavy atom. The second-order valence-corrected chi connectivity index (χ2v) is 8.98. The second kappa shape index (κ2) is 8.91. The lowest BCUT2D eigenvalue weighted by Crippen LogP contribution is -2.37. The molecule has 1 atom stereocenters. The molecule has 0 radical (unpaired) electrons. The first-order valence-corrected chi connectivity index (χ1v) is 11.3. The zero-order valence-electron chi connectivity index (χ0n) is 16.7. The molecular weight excluding hydrogens is 416 g/mol. The van der Waals surface area contributed by atoms with Crippen LogP contribution in [0.25, 0.3) is 20.7 Å². The maximum Gasteiger partial charge on any atom is 0.263 e. The van der Waals surface area contributed by atoms with Gasteiger partial charge in [0, 0.05) is 22.4 Å². The smallest absolute Gasteiger partial charge is 0.263 e. The number of likely N-dealkylation sites (N-methyl/N-ethyl adjacent to an activating group) is 1. The molecule has 30 heavy (non-hydrogen) atoms. The molecule has 0 saturated heterocycles. The van der Waals surface area contributed by atoms with Crippen molar-refractivity contribution in [2.24, 2.45) is 0 Å². The first kappa shape index (κ1) is 20.5. The molecule has 6 nitrogen and oxygen atoms in total. The Kier molecular flexibility index (Phi) is 6.08. The van der Waals surface area contributed by atoms with Gasteiger partial charge in [0.25, 0.3) is 5.56 Å².